The van der Waals surface area contributed by atoms with Gasteiger partial charge in [0, 0.05) is 18.1 Å². The van der Waals surface area contributed by atoms with Crippen LogP contribution in [0, 0.1) is 5.92 Å². The summed E-state index contributed by atoms with van der Waals surface area (Å²) in [5.74, 6) is 1.08. The molecule has 116 valence electrons. The summed E-state index contributed by atoms with van der Waals surface area (Å²) in [5.41, 5.74) is 0. The first-order chi connectivity index (χ1) is 9.86. The zero-order valence-electron chi connectivity index (χ0n) is 13.4. The fourth-order valence-electron chi connectivity index (χ4n) is 5.02. The Morgan fingerprint density at radius 2 is 1.70 bits per heavy atom. The number of fused-ring (bicyclic) bond motifs is 2. The van der Waals surface area contributed by atoms with Crippen LogP contribution in [0.25, 0.3) is 0 Å². The third kappa shape index (κ3) is 3.57. The van der Waals surface area contributed by atoms with Crippen LogP contribution in [0.2, 0.25) is 0 Å². The third-order valence-corrected chi connectivity index (χ3v) is 6.07. The Hall–Kier alpha value is -0.0800. The van der Waals surface area contributed by atoms with Crippen LogP contribution in [0.15, 0.2) is 0 Å². The van der Waals surface area contributed by atoms with Gasteiger partial charge >= 0.3 is 0 Å². The van der Waals surface area contributed by atoms with E-state index in [1.807, 2.05) is 0 Å². The van der Waals surface area contributed by atoms with E-state index in [1.54, 1.807) is 0 Å². The van der Waals surface area contributed by atoms with E-state index in [2.05, 4.69) is 17.1 Å². The summed E-state index contributed by atoms with van der Waals surface area (Å²) in [6, 6.07) is 2.64. The van der Waals surface area contributed by atoms with Crippen molar-refractivity contribution < 1.29 is 0 Å². The minimum absolute atomic E-state index is 0.818. The average Bonchev–Trinajstić information content (AvgIpc) is 3.04. The number of nitrogens with one attached hydrogen (secondary N) is 1. The fraction of sp³-hybridized carbons (Fsp3) is 1.00. The lowest BCUT2D eigenvalue weighted by Crippen LogP contribution is -2.49. The van der Waals surface area contributed by atoms with Gasteiger partial charge < -0.3 is 5.32 Å². The Kier molecular flexibility index (Phi) is 5.39. The predicted molar refractivity (Wildman–Crippen MR) is 86.0 cm³/mol. The van der Waals surface area contributed by atoms with Crippen molar-refractivity contribution in [3.63, 3.8) is 0 Å². The van der Waals surface area contributed by atoms with Crippen molar-refractivity contribution in [3.05, 3.63) is 0 Å². The molecule has 2 nitrogen and oxygen atoms in total. The lowest BCUT2D eigenvalue weighted by atomic mass is 9.95. The van der Waals surface area contributed by atoms with Gasteiger partial charge in [0.05, 0.1) is 0 Å². The molecule has 1 aliphatic carbocycles. The minimum Gasteiger partial charge on any atom is -0.314 e. The van der Waals surface area contributed by atoms with E-state index >= 15 is 0 Å². The topological polar surface area (TPSA) is 15.3 Å². The molecule has 2 bridgehead atoms. The van der Waals surface area contributed by atoms with Gasteiger partial charge in [-0.1, -0.05) is 32.6 Å². The Morgan fingerprint density at radius 1 is 1.00 bits per heavy atom. The highest BCUT2D eigenvalue weighted by Crippen LogP contribution is 2.36. The molecule has 0 aromatic rings. The molecule has 2 unspecified atom stereocenters. The van der Waals surface area contributed by atoms with E-state index < -0.39 is 0 Å². The van der Waals surface area contributed by atoms with E-state index in [0.29, 0.717) is 0 Å². The minimum atomic E-state index is 0.818. The summed E-state index contributed by atoms with van der Waals surface area (Å²) in [7, 11) is 0. The number of nitrogens with zero attached hydrogens (tertiary/aromatic N) is 1. The summed E-state index contributed by atoms with van der Waals surface area (Å²) in [6.07, 6.45) is 16.1. The Balaban J connectivity index is 1.40. The van der Waals surface area contributed by atoms with Gasteiger partial charge in [-0.05, 0) is 64.0 Å². The SMILES string of the molecule is CCCNC1CC2CCC(C1)N2CCCC1CCCC1. The summed E-state index contributed by atoms with van der Waals surface area (Å²) >= 11 is 0. The van der Waals surface area contributed by atoms with Gasteiger partial charge in [-0.3, -0.25) is 4.90 Å². The molecule has 3 rings (SSSR count). The average molecular weight is 278 g/mol. The highest BCUT2D eigenvalue weighted by molar-refractivity contribution is 4.97. The van der Waals surface area contributed by atoms with Gasteiger partial charge in [-0.25, -0.2) is 0 Å². The fourth-order valence-corrected chi connectivity index (χ4v) is 5.02. The first kappa shape index (κ1) is 14.8. The second-order valence-electron chi connectivity index (χ2n) is 7.54. The van der Waals surface area contributed by atoms with Crippen molar-refractivity contribution >= 4 is 0 Å². The van der Waals surface area contributed by atoms with E-state index in [-0.39, 0.29) is 0 Å². The lowest BCUT2D eigenvalue weighted by molar-refractivity contribution is 0.113. The lowest BCUT2D eigenvalue weighted by Gasteiger charge is -2.39. The third-order valence-electron chi connectivity index (χ3n) is 6.07. The van der Waals surface area contributed by atoms with E-state index in [1.165, 1.54) is 83.7 Å². The maximum atomic E-state index is 3.77. The van der Waals surface area contributed by atoms with Gasteiger partial charge in [-0.2, -0.15) is 0 Å². The normalized spacial score (nSPS) is 35.0. The predicted octanol–water partition coefficient (Wildman–Crippen LogP) is 3.95. The van der Waals surface area contributed by atoms with Gasteiger partial charge in [0.2, 0.25) is 0 Å². The molecule has 0 spiro atoms. The molecular formula is C18H34N2. The molecule has 0 aromatic heterocycles. The molecule has 3 fully saturated rings. The summed E-state index contributed by atoms with van der Waals surface area (Å²) in [6.45, 7) is 4.89. The van der Waals surface area contributed by atoms with Gasteiger partial charge in [-0.15, -0.1) is 0 Å². The first-order valence-electron chi connectivity index (χ1n) is 9.36. The van der Waals surface area contributed by atoms with Gasteiger partial charge in [0.1, 0.15) is 0 Å². The second kappa shape index (κ2) is 7.26. The highest BCUT2D eigenvalue weighted by Gasteiger charge is 2.39. The standard InChI is InChI=1S/C18H34N2/c1-2-11-19-16-13-17-9-10-18(14-16)20(17)12-5-8-15-6-3-4-7-15/h15-19H,2-14H2,1H3. The van der Waals surface area contributed by atoms with Crippen LogP contribution in [-0.4, -0.2) is 36.1 Å². The molecule has 2 saturated heterocycles. The maximum Gasteiger partial charge on any atom is 0.0114 e. The summed E-state index contributed by atoms with van der Waals surface area (Å²) in [4.78, 5) is 2.89. The first-order valence-corrected chi connectivity index (χ1v) is 9.36. The van der Waals surface area contributed by atoms with Crippen molar-refractivity contribution in [2.45, 2.75) is 95.7 Å². The van der Waals surface area contributed by atoms with Crippen molar-refractivity contribution in [1.82, 2.24) is 10.2 Å². The van der Waals surface area contributed by atoms with Crippen LogP contribution in [0.5, 0.6) is 0 Å². The van der Waals surface area contributed by atoms with Crippen LogP contribution in [0.3, 0.4) is 0 Å². The molecule has 2 heteroatoms. The monoisotopic (exact) mass is 278 g/mol. The molecule has 1 saturated carbocycles. The van der Waals surface area contributed by atoms with E-state index in [9.17, 15) is 0 Å². The van der Waals surface area contributed by atoms with Gasteiger partial charge in [0.15, 0.2) is 0 Å². The number of rotatable bonds is 7. The molecule has 20 heavy (non-hydrogen) atoms. The second-order valence-corrected chi connectivity index (χ2v) is 7.54. The molecule has 0 radical (unpaired) electrons. The van der Waals surface area contributed by atoms with Crippen molar-refractivity contribution in [2.24, 2.45) is 5.92 Å². The van der Waals surface area contributed by atoms with Crippen LogP contribution in [-0.2, 0) is 0 Å². The van der Waals surface area contributed by atoms with Crippen LogP contribution in [0.4, 0.5) is 0 Å². The molecular weight excluding hydrogens is 244 g/mol. The summed E-state index contributed by atoms with van der Waals surface area (Å²) in [5, 5.41) is 3.77. The molecule has 0 aromatic carbocycles. The highest BCUT2D eigenvalue weighted by atomic mass is 15.2. The number of hydrogen-bond acceptors (Lipinski definition) is 2. The molecule has 1 N–H and O–H groups in total. The molecule has 0 amide bonds. The molecule has 2 atom stereocenters. The molecule has 2 heterocycles. The Morgan fingerprint density at radius 3 is 2.35 bits per heavy atom. The Bertz CT molecular complexity index is 271. The van der Waals surface area contributed by atoms with E-state index in [4.69, 9.17) is 0 Å². The van der Waals surface area contributed by atoms with Crippen LogP contribution >= 0.6 is 0 Å². The maximum absolute atomic E-state index is 3.77. The molecule has 3 aliphatic rings. The van der Waals surface area contributed by atoms with Crippen LogP contribution in [0.1, 0.15) is 77.6 Å². The van der Waals surface area contributed by atoms with Gasteiger partial charge in [0.25, 0.3) is 0 Å². The van der Waals surface area contributed by atoms with E-state index in [0.717, 1.165) is 24.0 Å². The quantitative estimate of drug-likeness (QED) is 0.758. The van der Waals surface area contributed by atoms with Crippen LogP contribution < -0.4 is 5.32 Å². The smallest absolute Gasteiger partial charge is 0.0114 e. The van der Waals surface area contributed by atoms with Crippen molar-refractivity contribution in [3.8, 4) is 0 Å². The Labute approximate surface area is 125 Å². The molecule has 2 aliphatic heterocycles. The number of piperidine rings is 1. The zero-order valence-corrected chi connectivity index (χ0v) is 13.4. The van der Waals surface area contributed by atoms with Crippen molar-refractivity contribution in [1.29, 1.82) is 0 Å². The summed E-state index contributed by atoms with van der Waals surface area (Å²) < 4.78 is 0. The van der Waals surface area contributed by atoms with Crippen molar-refractivity contribution in [2.75, 3.05) is 13.1 Å². The number of hydrogen-bond donors (Lipinski definition) is 1. The zero-order chi connectivity index (χ0) is 13.8. The largest absolute Gasteiger partial charge is 0.314 e.